The molecule has 3 amide bonds. The molecule has 0 aromatic heterocycles. The SMILES string of the molecule is CC(=O)N1CCOc2cc(NC(=O)NC3CCCCC3)ccc21. The monoisotopic (exact) mass is 317 g/mol. The zero-order valence-corrected chi connectivity index (χ0v) is 13.4. The molecule has 0 saturated heterocycles. The summed E-state index contributed by atoms with van der Waals surface area (Å²) in [5, 5.41) is 5.87. The Hall–Kier alpha value is -2.24. The van der Waals surface area contributed by atoms with E-state index in [1.807, 2.05) is 6.07 Å². The van der Waals surface area contributed by atoms with Crippen LogP contribution in [0.4, 0.5) is 16.2 Å². The van der Waals surface area contributed by atoms with Crippen molar-refractivity contribution in [3.8, 4) is 5.75 Å². The summed E-state index contributed by atoms with van der Waals surface area (Å²) in [5.41, 5.74) is 1.42. The van der Waals surface area contributed by atoms with Gasteiger partial charge in [-0.2, -0.15) is 0 Å². The number of rotatable bonds is 2. The van der Waals surface area contributed by atoms with Crippen LogP contribution < -0.4 is 20.3 Å². The quantitative estimate of drug-likeness (QED) is 0.881. The van der Waals surface area contributed by atoms with Crippen LogP contribution in [0.5, 0.6) is 5.75 Å². The summed E-state index contributed by atoms with van der Waals surface area (Å²) in [6.07, 6.45) is 5.72. The van der Waals surface area contributed by atoms with E-state index in [-0.39, 0.29) is 18.0 Å². The van der Waals surface area contributed by atoms with E-state index in [0.717, 1.165) is 18.5 Å². The number of carbonyl (C=O) groups excluding carboxylic acids is 2. The van der Waals surface area contributed by atoms with Crippen LogP contribution in [0, 0.1) is 0 Å². The van der Waals surface area contributed by atoms with Gasteiger partial charge in [-0.3, -0.25) is 4.79 Å². The van der Waals surface area contributed by atoms with E-state index in [0.29, 0.717) is 24.6 Å². The van der Waals surface area contributed by atoms with Crippen molar-refractivity contribution < 1.29 is 14.3 Å². The van der Waals surface area contributed by atoms with Gasteiger partial charge >= 0.3 is 6.03 Å². The molecule has 6 heteroatoms. The number of amides is 3. The van der Waals surface area contributed by atoms with Crippen LogP contribution in [0.3, 0.4) is 0 Å². The lowest BCUT2D eigenvalue weighted by Gasteiger charge is -2.29. The van der Waals surface area contributed by atoms with E-state index < -0.39 is 0 Å². The summed E-state index contributed by atoms with van der Waals surface area (Å²) in [7, 11) is 0. The van der Waals surface area contributed by atoms with Crippen molar-refractivity contribution in [1.29, 1.82) is 0 Å². The molecule has 1 saturated carbocycles. The number of carbonyl (C=O) groups is 2. The van der Waals surface area contributed by atoms with Crippen LogP contribution in [-0.4, -0.2) is 31.1 Å². The molecule has 0 radical (unpaired) electrons. The lowest BCUT2D eigenvalue weighted by molar-refractivity contribution is -0.116. The zero-order chi connectivity index (χ0) is 16.2. The summed E-state index contributed by atoms with van der Waals surface area (Å²) in [4.78, 5) is 25.4. The third kappa shape index (κ3) is 3.75. The van der Waals surface area contributed by atoms with E-state index in [1.165, 1.54) is 19.3 Å². The Bertz CT molecular complexity index is 597. The molecule has 0 atom stereocenters. The van der Waals surface area contributed by atoms with Crippen molar-refractivity contribution in [2.24, 2.45) is 0 Å². The number of hydrogen-bond acceptors (Lipinski definition) is 3. The molecule has 1 aromatic rings. The highest BCUT2D eigenvalue weighted by Gasteiger charge is 2.22. The van der Waals surface area contributed by atoms with Gasteiger partial charge in [-0.25, -0.2) is 4.79 Å². The molecule has 2 aliphatic rings. The fraction of sp³-hybridized carbons (Fsp3) is 0.529. The molecule has 1 fully saturated rings. The minimum Gasteiger partial charge on any atom is -0.489 e. The number of anilines is 2. The zero-order valence-electron chi connectivity index (χ0n) is 13.4. The molecule has 3 rings (SSSR count). The highest BCUT2D eigenvalue weighted by molar-refractivity contribution is 5.95. The summed E-state index contributed by atoms with van der Waals surface area (Å²) >= 11 is 0. The molecule has 6 nitrogen and oxygen atoms in total. The number of urea groups is 1. The first-order chi connectivity index (χ1) is 11.1. The molecule has 2 N–H and O–H groups in total. The number of fused-ring (bicyclic) bond motifs is 1. The minimum absolute atomic E-state index is 0.00898. The van der Waals surface area contributed by atoms with E-state index in [9.17, 15) is 9.59 Å². The van der Waals surface area contributed by atoms with Crippen LogP contribution >= 0.6 is 0 Å². The van der Waals surface area contributed by atoms with Gasteiger partial charge in [-0.05, 0) is 25.0 Å². The standard InChI is InChI=1S/C17H23N3O3/c1-12(21)20-9-10-23-16-11-14(7-8-15(16)20)19-17(22)18-13-5-3-2-4-6-13/h7-8,11,13H,2-6,9-10H2,1H3,(H2,18,19,22). The molecular weight excluding hydrogens is 294 g/mol. The number of ether oxygens (including phenoxy) is 1. The van der Waals surface area contributed by atoms with E-state index in [4.69, 9.17) is 4.74 Å². The number of nitrogens with zero attached hydrogens (tertiary/aromatic N) is 1. The molecule has 1 aromatic carbocycles. The Morgan fingerprint density at radius 1 is 1.22 bits per heavy atom. The second-order valence-corrected chi connectivity index (χ2v) is 6.14. The van der Waals surface area contributed by atoms with Gasteiger partial charge in [0.2, 0.25) is 5.91 Å². The summed E-state index contributed by atoms with van der Waals surface area (Å²) in [6, 6.07) is 5.46. The molecule has 0 bridgehead atoms. The molecule has 1 aliphatic heterocycles. The fourth-order valence-corrected chi connectivity index (χ4v) is 3.22. The summed E-state index contributed by atoms with van der Waals surface area (Å²) in [5.74, 6) is 0.618. The van der Waals surface area contributed by atoms with Gasteiger partial charge in [0, 0.05) is 24.7 Å². The lowest BCUT2D eigenvalue weighted by Crippen LogP contribution is -2.39. The Morgan fingerprint density at radius 2 is 2.00 bits per heavy atom. The summed E-state index contributed by atoms with van der Waals surface area (Å²) < 4.78 is 5.61. The highest BCUT2D eigenvalue weighted by Crippen LogP contribution is 2.34. The molecule has 23 heavy (non-hydrogen) atoms. The van der Waals surface area contributed by atoms with Crippen LogP contribution in [0.15, 0.2) is 18.2 Å². The van der Waals surface area contributed by atoms with Gasteiger partial charge < -0.3 is 20.3 Å². The van der Waals surface area contributed by atoms with Crippen molar-refractivity contribution >= 4 is 23.3 Å². The Morgan fingerprint density at radius 3 is 2.74 bits per heavy atom. The minimum atomic E-state index is -0.184. The van der Waals surface area contributed by atoms with Gasteiger partial charge in [-0.1, -0.05) is 19.3 Å². The largest absolute Gasteiger partial charge is 0.489 e. The first kappa shape index (κ1) is 15.6. The molecule has 1 aliphatic carbocycles. The van der Waals surface area contributed by atoms with Crippen LogP contribution in [0.2, 0.25) is 0 Å². The molecule has 0 unspecified atom stereocenters. The Balaban J connectivity index is 1.64. The second kappa shape index (κ2) is 6.89. The number of hydrogen-bond donors (Lipinski definition) is 2. The molecular formula is C17H23N3O3. The van der Waals surface area contributed by atoms with E-state index >= 15 is 0 Å². The molecule has 1 heterocycles. The smallest absolute Gasteiger partial charge is 0.319 e. The highest BCUT2D eigenvalue weighted by atomic mass is 16.5. The maximum absolute atomic E-state index is 12.1. The maximum atomic E-state index is 12.1. The van der Waals surface area contributed by atoms with Crippen molar-refractivity contribution in [2.75, 3.05) is 23.4 Å². The van der Waals surface area contributed by atoms with Crippen molar-refractivity contribution in [3.63, 3.8) is 0 Å². The number of benzene rings is 1. The topological polar surface area (TPSA) is 70.7 Å². The van der Waals surface area contributed by atoms with E-state index in [2.05, 4.69) is 10.6 Å². The number of nitrogens with one attached hydrogen (secondary N) is 2. The Labute approximate surface area is 136 Å². The van der Waals surface area contributed by atoms with Gasteiger partial charge in [0.1, 0.15) is 12.4 Å². The Kier molecular flexibility index (Phi) is 4.69. The first-order valence-electron chi connectivity index (χ1n) is 8.26. The maximum Gasteiger partial charge on any atom is 0.319 e. The third-order valence-corrected chi connectivity index (χ3v) is 4.40. The van der Waals surface area contributed by atoms with Crippen molar-refractivity contribution in [2.45, 2.75) is 45.1 Å². The van der Waals surface area contributed by atoms with E-state index in [1.54, 1.807) is 24.0 Å². The lowest BCUT2D eigenvalue weighted by atomic mass is 9.96. The summed E-state index contributed by atoms with van der Waals surface area (Å²) in [6.45, 7) is 2.56. The molecule has 124 valence electrons. The van der Waals surface area contributed by atoms with Crippen LogP contribution in [-0.2, 0) is 4.79 Å². The normalized spacial score (nSPS) is 17.9. The van der Waals surface area contributed by atoms with Crippen molar-refractivity contribution in [1.82, 2.24) is 5.32 Å². The van der Waals surface area contributed by atoms with Gasteiger partial charge in [0.15, 0.2) is 0 Å². The fourth-order valence-electron chi connectivity index (χ4n) is 3.22. The van der Waals surface area contributed by atoms with Crippen molar-refractivity contribution in [3.05, 3.63) is 18.2 Å². The predicted octanol–water partition coefficient (Wildman–Crippen LogP) is 2.89. The van der Waals surface area contributed by atoms with Gasteiger partial charge in [0.25, 0.3) is 0 Å². The average molecular weight is 317 g/mol. The first-order valence-corrected chi connectivity index (χ1v) is 8.26. The second-order valence-electron chi connectivity index (χ2n) is 6.14. The average Bonchev–Trinajstić information content (AvgIpc) is 2.54. The van der Waals surface area contributed by atoms with Crippen LogP contribution in [0.1, 0.15) is 39.0 Å². The van der Waals surface area contributed by atoms with Gasteiger partial charge in [0.05, 0.1) is 12.2 Å². The molecule has 0 spiro atoms. The van der Waals surface area contributed by atoms with Crippen LogP contribution in [0.25, 0.3) is 0 Å². The predicted molar refractivity (Wildman–Crippen MR) is 89.0 cm³/mol. The third-order valence-electron chi connectivity index (χ3n) is 4.40. The van der Waals surface area contributed by atoms with Gasteiger partial charge in [-0.15, -0.1) is 0 Å².